The van der Waals surface area contributed by atoms with E-state index < -0.39 is 0 Å². The maximum Gasteiger partial charge on any atom is 0.0991 e. The quantitative estimate of drug-likeness (QED) is 0.798. The smallest absolute Gasteiger partial charge is 0.0991 e. The largest absolute Gasteiger partial charge is 0.383 e. The van der Waals surface area contributed by atoms with E-state index in [1.165, 1.54) is 11.3 Å². The van der Waals surface area contributed by atoms with Crippen LogP contribution in [0.4, 0.5) is 0 Å². The Morgan fingerprint density at radius 1 is 1.47 bits per heavy atom. The van der Waals surface area contributed by atoms with E-state index in [4.69, 9.17) is 27.9 Å². The molecule has 0 aliphatic rings. The number of hydrogen-bond donors (Lipinski definition) is 1. The van der Waals surface area contributed by atoms with Gasteiger partial charge in [-0.3, -0.25) is 0 Å². The van der Waals surface area contributed by atoms with E-state index in [-0.39, 0.29) is 6.04 Å². The molecule has 0 spiro atoms. The molecule has 0 saturated carbocycles. The molecule has 17 heavy (non-hydrogen) atoms. The van der Waals surface area contributed by atoms with Crippen molar-refractivity contribution in [2.24, 2.45) is 0 Å². The Bertz CT molecular complexity index is 337. The molecule has 0 fully saturated rings. The molecule has 5 heteroatoms. The number of methoxy groups -OCH3 is 1. The van der Waals surface area contributed by atoms with Crippen LogP contribution >= 0.6 is 34.5 Å². The minimum atomic E-state index is 0.193. The Kier molecular flexibility index (Phi) is 6.82. The molecule has 0 aromatic carbocycles. The summed E-state index contributed by atoms with van der Waals surface area (Å²) < 4.78 is 6.71. The van der Waals surface area contributed by atoms with Crippen molar-refractivity contribution in [2.75, 3.05) is 13.7 Å². The maximum absolute atomic E-state index is 6.14. The van der Waals surface area contributed by atoms with Crippen LogP contribution in [0.3, 0.4) is 0 Å². The van der Waals surface area contributed by atoms with Gasteiger partial charge < -0.3 is 10.1 Å². The summed E-state index contributed by atoms with van der Waals surface area (Å²) in [4.78, 5) is 0. The van der Waals surface area contributed by atoms with Gasteiger partial charge in [0.2, 0.25) is 0 Å². The summed E-state index contributed by atoms with van der Waals surface area (Å²) in [5.74, 6) is 0. The van der Waals surface area contributed by atoms with Crippen molar-refractivity contribution in [3.05, 3.63) is 20.3 Å². The number of nitrogens with one attached hydrogen (secondary N) is 1. The number of thiophene rings is 1. The van der Waals surface area contributed by atoms with E-state index >= 15 is 0 Å². The molecule has 2 atom stereocenters. The lowest BCUT2D eigenvalue weighted by atomic mass is 10.1. The third-order valence-electron chi connectivity index (χ3n) is 2.64. The number of hydrogen-bond acceptors (Lipinski definition) is 3. The lowest BCUT2D eigenvalue weighted by Crippen LogP contribution is -2.35. The second-order valence-corrected chi connectivity index (χ2v) is 6.39. The molecule has 1 rings (SSSR count). The molecule has 0 aliphatic heterocycles. The van der Waals surface area contributed by atoms with Gasteiger partial charge in [0.1, 0.15) is 0 Å². The molecular weight excluding hydrogens is 277 g/mol. The zero-order valence-corrected chi connectivity index (χ0v) is 12.8. The normalized spacial score (nSPS) is 14.9. The van der Waals surface area contributed by atoms with Crippen LogP contribution in [0.15, 0.2) is 6.07 Å². The predicted octanol–water partition coefficient (Wildman–Crippen LogP) is 4.52. The minimum absolute atomic E-state index is 0.193. The molecule has 1 aromatic rings. The highest BCUT2D eigenvalue weighted by Gasteiger charge is 2.17. The van der Waals surface area contributed by atoms with Gasteiger partial charge in [-0.15, -0.1) is 11.3 Å². The Labute approximate surface area is 117 Å². The molecular formula is C12H19Cl2NOS. The standard InChI is InChI=1S/C12H19Cl2NOS/c1-4-5-9(7-16-3)15-8(2)10-6-11(13)17-12(10)14/h6,8-9,15H,4-5,7H2,1-3H3. The van der Waals surface area contributed by atoms with Crippen LogP contribution in [0.2, 0.25) is 8.67 Å². The van der Waals surface area contributed by atoms with Crippen molar-refractivity contribution >= 4 is 34.5 Å². The zero-order valence-electron chi connectivity index (χ0n) is 10.4. The Morgan fingerprint density at radius 3 is 2.65 bits per heavy atom. The minimum Gasteiger partial charge on any atom is -0.383 e. The third kappa shape index (κ3) is 4.76. The summed E-state index contributed by atoms with van der Waals surface area (Å²) in [6.07, 6.45) is 2.22. The Morgan fingerprint density at radius 2 is 2.18 bits per heavy atom. The second-order valence-electron chi connectivity index (χ2n) is 4.11. The average molecular weight is 296 g/mol. The first kappa shape index (κ1) is 15.3. The van der Waals surface area contributed by atoms with E-state index in [2.05, 4.69) is 19.2 Å². The van der Waals surface area contributed by atoms with E-state index in [9.17, 15) is 0 Å². The van der Waals surface area contributed by atoms with E-state index in [0.29, 0.717) is 12.6 Å². The lowest BCUT2D eigenvalue weighted by Gasteiger charge is -2.22. The van der Waals surface area contributed by atoms with Crippen LogP contribution in [0.25, 0.3) is 0 Å². The van der Waals surface area contributed by atoms with Crippen molar-refractivity contribution in [3.8, 4) is 0 Å². The van der Waals surface area contributed by atoms with Gasteiger partial charge in [0.25, 0.3) is 0 Å². The van der Waals surface area contributed by atoms with Crippen molar-refractivity contribution in [1.82, 2.24) is 5.32 Å². The van der Waals surface area contributed by atoms with Crippen LogP contribution in [-0.4, -0.2) is 19.8 Å². The van der Waals surface area contributed by atoms with Crippen molar-refractivity contribution < 1.29 is 4.74 Å². The average Bonchev–Trinajstić information content (AvgIpc) is 2.58. The molecule has 1 aromatic heterocycles. The molecule has 1 heterocycles. The predicted molar refractivity (Wildman–Crippen MR) is 76.5 cm³/mol. The summed E-state index contributed by atoms with van der Waals surface area (Å²) in [6.45, 7) is 4.99. The van der Waals surface area contributed by atoms with Gasteiger partial charge >= 0.3 is 0 Å². The van der Waals surface area contributed by atoms with E-state index in [1.807, 2.05) is 6.07 Å². The summed E-state index contributed by atoms with van der Waals surface area (Å²) >= 11 is 13.5. The summed E-state index contributed by atoms with van der Waals surface area (Å²) in [6, 6.07) is 2.48. The van der Waals surface area contributed by atoms with Crippen molar-refractivity contribution in [3.63, 3.8) is 0 Å². The van der Waals surface area contributed by atoms with Gasteiger partial charge in [0.15, 0.2) is 0 Å². The highest BCUT2D eigenvalue weighted by Crippen LogP contribution is 2.35. The van der Waals surface area contributed by atoms with Crippen LogP contribution in [0, 0.1) is 0 Å². The molecule has 0 amide bonds. The van der Waals surface area contributed by atoms with Gasteiger partial charge in [0, 0.05) is 19.2 Å². The Hall–Kier alpha value is 0.200. The van der Waals surface area contributed by atoms with Gasteiger partial charge in [-0.25, -0.2) is 0 Å². The van der Waals surface area contributed by atoms with Crippen molar-refractivity contribution in [1.29, 1.82) is 0 Å². The number of rotatable bonds is 7. The van der Waals surface area contributed by atoms with Crippen molar-refractivity contribution in [2.45, 2.75) is 38.8 Å². The number of halogens is 2. The monoisotopic (exact) mass is 295 g/mol. The molecule has 0 radical (unpaired) electrons. The maximum atomic E-state index is 6.14. The van der Waals surface area contributed by atoms with Crippen LogP contribution in [0.5, 0.6) is 0 Å². The highest BCUT2D eigenvalue weighted by atomic mass is 35.5. The van der Waals surface area contributed by atoms with Gasteiger partial charge in [0.05, 0.1) is 15.3 Å². The molecule has 2 unspecified atom stereocenters. The summed E-state index contributed by atoms with van der Waals surface area (Å²) in [5, 5.41) is 3.53. The molecule has 1 N–H and O–H groups in total. The molecule has 0 bridgehead atoms. The zero-order chi connectivity index (χ0) is 12.8. The third-order valence-corrected chi connectivity index (χ3v) is 4.16. The second kappa shape index (κ2) is 7.59. The molecule has 0 saturated heterocycles. The SMILES string of the molecule is CCCC(COC)NC(C)c1cc(Cl)sc1Cl. The van der Waals surface area contributed by atoms with E-state index in [0.717, 1.165) is 27.1 Å². The molecule has 0 aliphatic carbocycles. The van der Waals surface area contributed by atoms with Gasteiger partial charge in [-0.1, -0.05) is 36.5 Å². The van der Waals surface area contributed by atoms with Crippen LogP contribution in [0.1, 0.15) is 38.3 Å². The highest BCUT2D eigenvalue weighted by molar-refractivity contribution is 7.20. The molecule has 98 valence electrons. The first-order valence-electron chi connectivity index (χ1n) is 5.78. The van der Waals surface area contributed by atoms with Crippen LogP contribution < -0.4 is 5.32 Å². The molecule has 2 nitrogen and oxygen atoms in total. The fourth-order valence-electron chi connectivity index (χ4n) is 1.86. The Balaban J connectivity index is 2.62. The first-order valence-corrected chi connectivity index (χ1v) is 7.35. The van der Waals surface area contributed by atoms with Crippen LogP contribution in [-0.2, 0) is 4.74 Å². The lowest BCUT2D eigenvalue weighted by molar-refractivity contribution is 0.157. The van der Waals surface area contributed by atoms with Gasteiger partial charge in [-0.2, -0.15) is 0 Å². The fourth-order valence-corrected chi connectivity index (χ4v) is 3.50. The summed E-state index contributed by atoms with van der Waals surface area (Å²) in [7, 11) is 1.73. The fraction of sp³-hybridized carbons (Fsp3) is 0.667. The van der Waals surface area contributed by atoms with Gasteiger partial charge in [-0.05, 0) is 25.0 Å². The topological polar surface area (TPSA) is 21.3 Å². The number of ether oxygens (including phenoxy) is 1. The van der Waals surface area contributed by atoms with E-state index in [1.54, 1.807) is 7.11 Å². The summed E-state index contributed by atoms with van der Waals surface area (Å²) in [5.41, 5.74) is 1.07. The first-order chi connectivity index (χ1) is 8.08.